The summed E-state index contributed by atoms with van der Waals surface area (Å²) in [6.45, 7) is 2.37. The molecule has 1 aromatic heterocycles. The number of aromatic nitrogens is 2. The van der Waals surface area contributed by atoms with Gasteiger partial charge in [-0.3, -0.25) is 0 Å². The third-order valence-electron chi connectivity index (χ3n) is 2.91. The lowest BCUT2D eigenvalue weighted by atomic mass is 10.2. The summed E-state index contributed by atoms with van der Waals surface area (Å²) in [6.07, 6.45) is 2.90. The van der Waals surface area contributed by atoms with Crippen LogP contribution < -0.4 is 0 Å². The number of nitrogens with zero attached hydrogens (tertiary/aromatic N) is 2. The molecular formula is C13H13Cl3N2O2S. The monoisotopic (exact) mass is 366 g/mol. The van der Waals surface area contributed by atoms with Gasteiger partial charge in [0.1, 0.15) is 5.82 Å². The van der Waals surface area contributed by atoms with E-state index in [-0.39, 0.29) is 5.03 Å². The van der Waals surface area contributed by atoms with E-state index < -0.39 is 9.05 Å². The molecule has 0 N–H and O–H groups in total. The van der Waals surface area contributed by atoms with Crippen LogP contribution >= 0.6 is 33.9 Å². The number of rotatable bonds is 5. The van der Waals surface area contributed by atoms with E-state index in [4.69, 9.17) is 33.9 Å². The second-order valence-corrected chi connectivity index (χ2v) is 7.90. The Morgan fingerprint density at radius 2 is 2.00 bits per heavy atom. The normalized spacial score (nSPS) is 11.8. The van der Waals surface area contributed by atoms with Gasteiger partial charge in [-0.25, -0.2) is 13.4 Å². The van der Waals surface area contributed by atoms with Gasteiger partial charge in [0.2, 0.25) is 0 Å². The predicted molar refractivity (Wildman–Crippen MR) is 84.8 cm³/mol. The lowest BCUT2D eigenvalue weighted by Crippen LogP contribution is -2.04. The van der Waals surface area contributed by atoms with Gasteiger partial charge < -0.3 is 4.57 Å². The topological polar surface area (TPSA) is 52.0 Å². The second kappa shape index (κ2) is 6.57. The molecule has 0 saturated heterocycles. The molecule has 2 aromatic rings. The van der Waals surface area contributed by atoms with Crippen LogP contribution in [0.1, 0.15) is 24.7 Å². The van der Waals surface area contributed by atoms with Gasteiger partial charge in [0.15, 0.2) is 5.03 Å². The fourth-order valence-electron chi connectivity index (χ4n) is 1.95. The number of aryl methyl sites for hydroxylation is 1. The Bertz CT molecular complexity index is 757. The first kappa shape index (κ1) is 16.6. The van der Waals surface area contributed by atoms with Gasteiger partial charge in [-0.2, -0.15) is 0 Å². The van der Waals surface area contributed by atoms with Crippen LogP contribution in [0, 0.1) is 0 Å². The molecule has 0 aliphatic rings. The molecule has 0 saturated carbocycles. The summed E-state index contributed by atoms with van der Waals surface area (Å²) in [6, 6.07) is 5.15. The molecule has 0 unspecified atom stereocenters. The third-order valence-corrected chi connectivity index (χ3v) is 4.68. The highest BCUT2D eigenvalue weighted by Gasteiger charge is 2.18. The van der Waals surface area contributed by atoms with Crippen LogP contribution in [0.2, 0.25) is 10.0 Å². The number of hydrogen-bond acceptors (Lipinski definition) is 3. The minimum Gasteiger partial charge on any atom is -0.329 e. The van der Waals surface area contributed by atoms with Crippen molar-refractivity contribution in [3.63, 3.8) is 0 Å². The highest BCUT2D eigenvalue weighted by atomic mass is 35.7. The highest BCUT2D eigenvalue weighted by Crippen LogP contribution is 2.23. The van der Waals surface area contributed by atoms with Crippen molar-refractivity contribution in [2.24, 2.45) is 0 Å². The fraction of sp³-hybridized carbons (Fsp3) is 0.308. The van der Waals surface area contributed by atoms with Gasteiger partial charge in [0, 0.05) is 33.3 Å². The molecule has 0 atom stereocenters. The van der Waals surface area contributed by atoms with Gasteiger partial charge in [0.25, 0.3) is 9.05 Å². The Labute approximate surface area is 138 Å². The molecular weight excluding hydrogens is 355 g/mol. The minimum atomic E-state index is -3.85. The summed E-state index contributed by atoms with van der Waals surface area (Å²) >= 11 is 12.1. The van der Waals surface area contributed by atoms with Crippen LogP contribution in [0.3, 0.4) is 0 Å². The molecule has 21 heavy (non-hydrogen) atoms. The molecule has 4 nitrogen and oxygen atoms in total. The van der Waals surface area contributed by atoms with E-state index in [1.54, 1.807) is 22.8 Å². The smallest absolute Gasteiger partial charge is 0.280 e. The maximum absolute atomic E-state index is 11.4. The summed E-state index contributed by atoms with van der Waals surface area (Å²) in [5.74, 6) is 0.646. The summed E-state index contributed by atoms with van der Waals surface area (Å²) in [5.41, 5.74) is 0.789. The number of hydrogen-bond donors (Lipinski definition) is 0. The van der Waals surface area contributed by atoms with Gasteiger partial charge >= 0.3 is 0 Å². The Morgan fingerprint density at radius 3 is 2.62 bits per heavy atom. The Balaban J connectivity index is 2.43. The lowest BCUT2D eigenvalue weighted by Gasteiger charge is -2.09. The predicted octanol–water partition coefficient (Wildman–Crippen LogP) is 4.12. The molecule has 1 heterocycles. The van der Waals surface area contributed by atoms with Crippen LogP contribution in [0.4, 0.5) is 0 Å². The van der Waals surface area contributed by atoms with Gasteiger partial charge in [0.05, 0.1) is 6.54 Å². The summed E-state index contributed by atoms with van der Waals surface area (Å²) in [4.78, 5) is 4.09. The minimum absolute atomic E-state index is 0.147. The number of imidazole rings is 1. The maximum atomic E-state index is 11.4. The molecule has 0 fully saturated rings. The van der Waals surface area contributed by atoms with Crippen molar-refractivity contribution in [3.8, 4) is 0 Å². The summed E-state index contributed by atoms with van der Waals surface area (Å²) in [7, 11) is 1.50. The molecule has 8 heteroatoms. The molecule has 0 aliphatic heterocycles. The van der Waals surface area contributed by atoms with E-state index in [0.717, 1.165) is 12.0 Å². The Morgan fingerprint density at radius 1 is 1.29 bits per heavy atom. The van der Waals surface area contributed by atoms with Crippen LogP contribution in [0.25, 0.3) is 0 Å². The zero-order chi connectivity index (χ0) is 15.6. The van der Waals surface area contributed by atoms with Crippen molar-refractivity contribution in [2.45, 2.75) is 31.3 Å². The molecule has 2 rings (SSSR count). The van der Waals surface area contributed by atoms with E-state index in [9.17, 15) is 8.42 Å². The van der Waals surface area contributed by atoms with E-state index >= 15 is 0 Å². The van der Waals surface area contributed by atoms with Gasteiger partial charge in [-0.05, 0) is 30.2 Å². The molecule has 0 radical (unpaired) electrons. The molecule has 0 aliphatic carbocycles. The van der Waals surface area contributed by atoms with Crippen LogP contribution in [0.5, 0.6) is 0 Å². The second-order valence-electron chi connectivity index (χ2n) is 4.55. The van der Waals surface area contributed by atoms with Crippen molar-refractivity contribution in [3.05, 3.63) is 45.8 Å². The van der Waals surface area contributed by atoms with Crippen molar-refractivity contribution in [2.75, 3.05) is 0 Å². The highest BCUT2D eigenvalue weighted by molar-refractivity contribution is 8.13. The maximum Gasteiger partial charge on any atom is 0.280 e. The Kier molecular flexibility index (Phi) is 5.20. The SMILES string of the molecule is CCCc1nc(S(=O)(=O)Cl)cn1Cc1cc(Cl)ccc1Cl. The number of benzene rings is 1. The van der Waals surface area contributed by atoms with Crippen LogP contribution in [-0.2, 0) is 22.0 Å². The van der Waals surface area contributed by atoms with E-state index in [0.29, 0.717) is 28.8 Å². The van der Waals surface area contributed by atoms with Crippen molar-refractivity contribution in [1.29, 1.82) is 0 Å². The van der Waals surface area contributed by atoms with Crippen LogP contribution in [0.15, 0.2) is 29.4 Å². The fourth-order valence-corrected chi connectivity index (χ4v) is 3.02. The first-order valence-electron chi connectivity index (χ1n) is 6.26. The summed E-state index contributed by atoms with van der Waals surface area (Å²) < 4.78 is 24.6. The quantitative estimate of drug-likeness (QED) is 0.747. The van der Waals surface area contributed by atoms with Gasteiger partial charge in [-0.15, -0.1) is 0 Å². The molecule has 0 amide bonds. The standard InChI is InChI=1S/C13H13Cl3N2O2S/c1-2-3-12-17-13(21(16,19)20)8-18(12)7-9-6-10(14)4-5-11(9)15/h4-6,8H,2-3,7H2,1H3. The molecule has 0 spiro atoms. The first-order chi connectivity index (χ1) is 9.81. The van der Waals surface area contributed by atoms with E-state index in [1.807, 2.05) is 6.92 Å². The molecule has 114 valence electrons. The van der Waals surface area contributed by atoms with Crippen molar-refractivity contribution < 1.29 is 8.42 Å². The molecule has 0 bridgehead atoms. The number of halogens is 3. The largest absolute Gasteiger partial charge is 0.329 e. The molecule has 1 aromatic carbocycles. The lowest BCUT2D eigenvalue weighted by molar-refractivity contribution is 0.606. The van der Waals surface area contributed by atoms with E-state index in [2.05, 4.69) is 4.98 Å². The van der Waals surface area contributed by atoms with Crippen LogP contribution in [-0.4, -0.2) is 18.0 Å². The third kappa shape index (κ3) is 4.13. The first-order valence-corrected chi connectivity index (χ1v) is 9.32. The van der Waals surface area contributed by atoms with Gasteiger partial charge in [-0.1, -0.05) is 30.1 Å². The van der Waals surface area contributed by atoms with E-state index in [1.165, 1.54) is 6.20 Å². The zero-order valence-corrected chi connectivity index (χ0v) is 14.3. The average molecular weight is 368 g/mol. The Hall–Kier alpha value is -0.750. The average Bonchev–Trinajstić information content (AvgIpc) is 2.78. The van der Waals surface area contributed by atoms with Crippen molar-refractivity contribution >= 4 is 42.9 Å². The summed E-state index contributed by atoms with van der Waals surface area (Å²) in [5, 5.41) is 0.980. The van der Waals surface area contributed by atoms with Crippen molar-refractivity contribution in [1.82, 2.24) is 9.55 Å². The zero-order valence-electron chi connectivity index (χ0n) is 11.2.